The normalized spacial score (nSPS) is 12.3. The minimum absolute atomic E-state index is 0.236. The molecule has 1 aromatic carbocycles. The molecule has 1 rings (SSSR count). The number of rotatable bonds is 5. The Hall–Kier alpha value is -1.09. The third-order valence-electron chi connectivity index (χ3n) is 2.79. The fraction of sp³-hybridized carbons (Fsp3) is 0.533. The van der Waals surface area contributed by atoms with Gasteiger partial charge in [0.2, 0.25) is 0 Å². The molecule has 100 valence electrons. The summed E-state index contributed by atoms with van der Waals surface area (Å²) in [5.74, 6) is 0. The van der Waals surface area contributed by atoms with Crippen LogP contribution in [0.1, 0.15) is 51.3 Å². The second-order valence-electron chi connectivity index (χ2n) is 4.99. The molecule has 0 aliphatic heterocycles. The van der Waals surface area contributed by atoms with E-state index in [9.17, 15) is 0 Å². The van der Waals surface area contributed by atoms with Gasteiger partial charge in [0.25, 0.3) is 0 Å². The van der Waals surface area contributed by atoms with Crippen molar-refractivity contribution < 1.29 is 0 Å². The molecule has 1 aromatic rings. The van der Waals surface area contributed by atoms with E-state index in [0.717, 1.165) is 11.5 Å². The fourth-order valence-corrected chi connectivity index (χ4v) is 2.26. The Morgan fingerprint density at radius 2 is 1.72 bits per heavy atom. The highest BCUT2D eigenvalue weighted by Crippen LogP contribution is 2.14. The number of hydrogen-bond donors (Lipinski definition) is 2. The first kappa shape index (κ1) is 15.0. The van der Waals surface area contributed by atoms with Crippen LogP contribution < -0.4 is 10.6 Å². The molecule has 0 fully saturated rings. The van der Waals surface area contributed by atoms with Gasteiger partial charge in [-0.25, -0.2) is 0 Å². The monoisotopic (exact) mass is 264 g/mol. The molecule has 0 bridgehead atoms. The SMILES string of the molecule is CCCc1ccc(C(C)NC(=S)NC(C)C)cc1. The maximum absolute atomic E-state index is 5.25. The lowest BCUT2D eigenvalue weighted by atomic mass is 10.0. The highest BCUT2D eigenvalue weighted by atomic mass is 32.1. The molecule has 1 unspecified atom stereocenters. The molecule has 0 radical (unpaired) electrons. The minimum atomic E-state index is 0.236. The van der Waals surface area contributed by atoms with Crippen LogP contribution in [0.4, 0.5) is 0 Å². The van der Waals surface area contributed by atoms with E-state index < -0.39 is 0 Å². The minimum Gasteiger partial charge on any atom is -0.361 e. The summed E-state index contributed by atoms with van der Waals surface area (Å²) >= 11 is 5.25. The van der Waals surface area contributed by atoms with Crippen molar-refractivity contribution in [1.82, 2.24) is 10.6 Å². The summed E-state index contributed by atoms with van der Waals surface area (Å²) < 4.78 is 0. The lowest BCUT2D eigenvalue weighted by Crippen LogP contribution is -2.40. The molecule has 0 amide bonds. The quantitative estimate of drug-likeness (QED) is 0.795. The van der Waals surface area contributed by atoms with E-state index in [-0.39, 0.29) is 6.04 Å². The van der Waals surface area contributed by atoms with Gasteiger partial charge in [-0.1, -0.05) is 37.6 Å². The Kier molecular flexibility index (Phi) is 6.13. The Labute approximate surface area is 116 Å². The van der Waals surface area contributed by atoms with E-state index in [4.69, 9.17) is 12.2 Å². The summed E-state index contributed by atoms with van der Waals surface area (Å²) in [4.78, 5) is 0. The number of aryl methyl sites for hydroxylation is 1. The summed E-state index contributed by atoms with van der Waals surface area (Å²) in [6, 6.07) is 9.37. The van der Waals surface area contributed by atoms with Crippen LogP contribution in [-0.2, 0) is 6.42 Å². The van der Waals surface area contributed by atoms with Gasteiger partial charge in [0.15, 0.2) is 5.11 Å². The van der Waals surface area contributed by atoms with Crippen molar-refractivity contribution >= 4 is 17.3 Å². The predicted molar refractivity (Wildman–Crippen MR) is 82.9 cm³/mol. The Bertz CT molecular complexity index is 371. The second-order valence-corrected chi connectivity index (χ2v) is 5.39. The molecule has 2 nitrogen and oxygen atoms in total. The van der Waals surface area contributed by atoms with Gasteiger partial charge >= 0.3 is 0 Å². The van der Waals surface area contributed by atoms with E-state index in [2.05, 4.69) is 62.6 Å². The van der Waals surface area contributed by atoms with Gasteiger partial charge in [0.05, 0.1) is 6.04 Å². The molecule has 2 N–H and O–H groups in total. The van der Waals surface area contributed by atoms with Gasteiger partial charge in [0, 0.05) is 6.04 Å². The van der Waals surface area contributed by atoms with Gasteiger partial charge in [0.1, 0.15) is 0 Å². The third kappa shape index (κ3) is 5.05. The van der Waals surface area contributed by atoms with Crippen molar-refractivity contribution in [2.24, 2.45) is 0 Å². The molecule has 1 atom stereocenters. The lowest BCUT2D eigenvalue weighted by molar-refractivity contribution is 0.663. The van der Waals surface area contributed by atoms with E-state index in [1.165, 1.54) is 17.5 Å². The summed E-state index contributed by atoms with van der Waals surface area (Å²) in [7, 11) is 0. The molecule has 0 saturated heterocycles. The highest BCUT2D eigenvalue weighted by molar-refractivity contribution is 7.80. The Balaban J connectivity index is 2.55. The zero-order valence-electron chi connectivity index (χ0n) is 11.8. The molecule has 18 heavy (non-hydrogen) atoms. The van der Waals surface area contributed by atoms with Crippen LogP contribution >= 0.6 is 12.2 Å². The highest BCUT2D eigenvalue weighted by Gasteiger charge is 2.07. The molecule has 0 saturated carbocycles. The van der Waals surface area contributed by atoms with Gasteiger partial charge in [-0.2, -0.15) is 0 Å². The topological polar surface area (TPSA) is 24.1 Å². The van der Waals surface area contributed by atoms with Crippen LogP contribution in [0.15, 0.2) is 24.3 Å². The fourth-order valence-electron chi connectivity index (χ4n) is 1.85. The van der Waals surface area contributed by atoms with Crippen LogP contribution in [0.5, 0.6) is 0 Å². The molecule has 0 spiro atoms. The number of benzene rings is 1. The second kappa shape index (κ2) is 7.37. The maximum Gasteiger partial charge on any atom is 0.166 e. The van der Waals surface area contributed by atoms with E-state index >= 15 is 0 Å². The number of nitrogens with one attached hydrogen (secondary N) is 2. The van der Waals surface area contributed by atoms with Gasteiger partial charge in [-0.3, -0.25) is 0 Å². The van der Waals surface area contributed by atoms with E-state index in [1.54, 1.807) is 0 Å². The number of hydrogen-bond acceptors (Lipinski definition) is 1. The van der Waals surface area contributed by atoms with Crippen LogP contribution in [0.25, 0.3) is 0 Å². The largest absolute Gasteiger partial charge is 0.361 e. The van der Waals surface area contributed by atoms with Crippen LogP contribution in [0.2, 0.25) is 0 Å². The average Bonchev–Trinajstić information content (AvgIpc) is 2.29. The molecule has 0 aliphatic rings. The Morgan fingerprint density at radius 1 is 1.11 bits per heavy atom. The molecule has 0 heterocycles. The van der Waals surface area contributed by atoms with Crippen molar-refractivity contribution in [3.63, 3.8) is 0 Å². The molecular weight excluding hydrogens is 240 g/mol. The summed E-state index contributed by atoms with van der Waals surface area (Å²) in [5.41, 5.74) is 2.67. The first-order chi connectivity index (χ1) is 8.52. The predicted octanol–water partition coefficient (Wildman–Crippen LogP) is 3.57. The average molecular weight is 264 g/mol. The van der Waals surface area contributed by atoms with Crippen molar-refractivity contribution in [2.75, 3.05) is 0 Å². The summed E-state index contributed by atoms with van der Waals surface area (Å²) in [5, 5.41) is 7.21. The zero-order valence-corrected chi connectivity index (χ0v) is 12.6. The van der Waals surface area contributed by atoms with Gasteiger partial charge < -0.3 is 10.6 Å². The van der Waals surface area contributed by atoms with Gasteiger partial charge in [-0.05, 0) is 50.5 Å². The molecule has 0 aliphatic carbocycles. The van der Waals surface area contributed by atoms with Crippen molar-refractivity contribution in [3.8, 4) is 0 Å². The van der Waals surface area contributed by atoms with E-state index in [0.29, 0.717) is 6.04 Å². The lowest BCUT2D eigenvalue weighted by Gasteiger charge is -2.19. The standard InChI is InChI=1S/C15H24N2S/c1-5-6-13-7-9-14(10-8-13)12(4)17-15(18)16-11(2)3/h7-12H,5-6H2,1-4H3,(H2,16,17,18). The summed E-state index contributed by atoms with van der Waals surface area (Å²) in [6.07, 6.45) is 2.34. The first-order valence-electron chi connectivity index (χ1n) is 6.68. The van der Waals surface area contributed by atoms with Crippen LogP contribution in [0.3, 0.4) is 0 Å². The first-order valence-corrected chi connectivity index (χ1v) is 7.09. The molecule has 0 aromatic heterocycles. The zero-order chi connectivity index (χ0) is 13.5. The van der Waals surface area contributed by atoms with Gasteiger partial charge in [-0.15, -0.1) is 0 Å². The summed E-state index contributed by atoms with van der Waals surface area (Å²) in [6.45, 7) is 8.49. The molecular formula is C15H24N2S. The van der Waals surface area contributed by atoms with E-state index in [1.807, 2.05) is 0 Å². The Morgan fingerprint density at radius 3 is 2.22 bits per heavy atom. The maximum atomic E-state index is 5.25. The van der Waals surface area contributed by atoms with Crippen LogP contribution in [0, 0.1) is 0 Å². The molecule has 3 heteroatoms. The van der Waals surface area contributed by atoms with Crippen LogP contribution in [-0.4, -0.2) is 11.2 Å². The smallest absolute Gasteiger partial charge is 0.166 e. The van der Waals surface area contributed by atoms with Crippen molar-refractivity contribution in [2.45, 2.75) is 52.6 Å². The van der Waals surface area contributed by atoms with Crippen molar-refractivity contribution in [3.05, 3.63) is 35.4 Å². The third-order valence-corrected chi connectivity index (χ3v) is 3.02. The van der Waals surface area contributed by atoms with Crippen molar-refractivity contribution in [1.29, 1.82) is 0 Å². The number of thiocarbonyl (C=S) groups is 1.